The van der Waals surface area contributed by atoms with Crippen molar-refractivity contribution in [2.24, 2.45) is 0 Å². The second-order valence-corrected chi connectivity index (χ2v) is 4.17. The first-order valence-corrected chi connectivity index (χ1v) is 5.74. The number of morpholine rings is 1. The molecule has 1 unspecified atom stereocenters. The van der Waals surface area contributed by atoms with E-state index in [4.69, 9.17) is 4.74 Å². The molecular formula is C11H22Cl2N2O2. The van der Waals surface area contributed by atoms with Crippen molar-refractivity contribution in [3.63, 3.8) is 0 Å². The Morgan fingerprint density at radius 2 is 2.06 bits per heavy atom. The molecule has 2 N–H and O–H groups in total. The minimum Gasteiger partial charge on any atom is -0.389 e. The lowest BCUT2D eigenvalue weighted by Crippen LogP contribution is -2.38. The number of nitrogens with one attached hydrogen (secondary N) is 1. The SMILES string of the molecule is Cl.Cl.OC1CCNC/C1=C/CN1CCOCC1. The molecule has 2 aliphatic rings. The van der Waals surface area contributed by atoms with Gasteiger partial charge in [-0.05, 0) is 18.5 Å². The Balaban J connectivity index is 0.00000128. The van der Waals surface area contributed by atoms with E-state index in [1.54, 1.807) is 0 Å². The van der Waals surface area contributed by atoms with E-state index in [1.807, 2.05) is 0 Å². The summed E-state index contributed by atoms with van der Waals surface area (Å²) in [7, 11) is 0. The van der Waals surface area contributed by atoms with E-state index < -0.39 is 0 Å². The van der Waals surface area contributed by atoms with Gasteiger partial charge >= 0.3 is 0 Å². The zero-order valence-corrected chi connectivity index (χ0v) is 11.6. The summed E-state index contributed by atoms with van der Waals surface area (Å²) in [6.07, 6.45) is 2.78. The van der Waals surface area contributed by atoms with E-state index >= 15 is 0 Å². The molecule has 0 radical (unpaired) electrons. The third-order valence-electron chi connectivity index (χ3n) is 3.07. The standard InChI is InChI=1S/C11H20N2O2.2ClH/c14-11-1-3-12-9-10(11)2-4-13-5-7-15-8-6-13;;/h2,11-12,14H,1,3-9H2;2*1H/b10-2-;;. The molecule has 0 aliphatic carbocycles. The van der Waals surface area contributed by atoms with Gasteiger partial charge in [0.25, 0.3) is 0 Å². The molecule has 2 heterocycles. The molecule has 0 spiro atoms. The summed E-state index contributed by atoms with van der Waals surface area (Å²) in [6.45, 7) is 6.40. The summed E-state index contributed by atoms with van der Waals surface area (Å²) in [5, 5.41) is 13.0. The number of hydrogen-bond acceptors (Lipinski definition) is 4. The number of ether oxygens (including phenoxy) is 1. The fourth-order valence-corrected chi connectivity index (χ4v) is 2.01. The highest BCUT2D eigenvalue weighted by molar-refractivity contribution is 5.85. The van der Waals surface area contributed by atoms with E-state index in [0.717, 1.165) is 57.9 Å². The second-order valence-electron chi connectivity index (χ2n) is 4.17. The lowest BCUT2D eigenvalue weighted by molar-refractivity contribution is 0.0431. The molecule has 0 aromatic heterocycles. The normalized spacial score (nSPS) is 28.3. The monoisotopic (exact) mass is 284 g/mol. The van der Waals surface area contributed by atoms with Gasteiger partial charge < -0.3 is 15.2 Å². The average molecular weight is 285 g/mol. The molecule has 2 rings (SSSR count). The summed E-state index contributed by atoms with van der Waals surface area (Å²) in [6, 6.07) is 0. The smallest absolute Gasteiger partial charge is 0.0775 e. The topological polar surface area (TPSA) is 44.7 Å². The van der Waals surface area contributed by atoms with Crippen molar-refractivity contribution in [1.29, 1.82) is 0 Å². The van der Waals surface area contributed by atoms with Crippen LogP contribution in [0.1, 0.15) is 6.42 Å². The zero-order valence-electron chi connectivity index (χ0n) is 9.93. The van der Waals surface area contributed by atoms with E-state index in [9.17, 15) is 5.11 Å². The van der Waals surface area contributed by atoms with Gasteiger partial charge in [0.05, 0.1) is 19.3 Å². The van der Waals surface area contributed by atoms with Gasteiger partial charge in [-0.2, -0.15) is 0 Å². The van der Waals surface area contributed by atoms with Crippen LogP contribution < -0.4 is 5.32 Å². The van der Waals surface area contributed by atoms with Crippen LogP contribution in [0.2, 0.25) is 0 Å². The number of aliphatic hydroxyl groups excluding tert-OH is 1. The van der Waals surface area contributed by atoms with Crippen molar-refractivity contribution in [2.45, 2.75) is 12.5 Å². The van der Waals surface area contributed by atoms with E-state index in [1.165, 1.54) is 0 Å². The summed E-state index contributed by atoms with van der Waals surface area (Å²) >= 11 is 0. The summed E-state index contributed by atoms with van der Waals surface area (Å²) in [5.41, 5.74) is 1.15. The molecule has 4 nitrogen and oxygen atoms in total. The van der Waals surface area contributed by atoms with Crippen LogP contribution in [0.3, 0.4) is 0 Å². The lowest BCUT2D eigenvalue weighted by atomic mass is 10.0. The number of rotatable bonds is 2. The van der Waals surface area contributed by atoms with Gasteiger partial charge in [-0.3, -0.25) is 4.90 Å². The number of piperidine rings is 1. The number of aliphatic hydroxyl groups is 1. The lowest BCUT2D eigenvalue weighted by Gasteiger charge is -2.27. The molecule has 2 saturated heterocycles. The van der Waals surface area contributed by atoms with Crippen molar-refractivity contribution in [1.82, 2.24) is 10.2 Å². The van der Waals surface area contributed by atoms with Gasteiger partial charge in [0.2, 0.25) is 0 Å². The third-order valence-corrected chi connectivity index (χ3v) is 3.07. The van der Waals surface area contributed by atoms with E-state index in [2.05, 4.69) is 16.3 Å². The minimum absolute atomic E-state index is 0. The molecule has 1 atom stereocenters. The Morgan fingerprint density at radius 3 is 2.71 bits per heavy atom. The van der Waals surface area contributed by atoms with Gasteiger partial charge in [0.15, 0.2) is 0 Å². The number of nitrogens with zero attached hydrogens (tertiary/aromatic N) is 1. The van der Waals surface area contributed by atoms with Crippen LogP contribution >= 0.6 is 24.8 Å². The molecule has 6 heteroatoms. The van der Waals surface area contributed by atoms with Crippen molar-refractivity contribution in [3.05, 3.63) is 11.6 Å². The molecule has 0 saturated carbocycles. The fourth-order valence-electron chi connectivity index (χ4n) is 2.01. The third kappa shape index (κ3) is 5.55. The van der Waals surface area contributed by atoms with Crippen LogP contribution in [0.5, 0.6) is 0 Å². The molecule has 17 heavy (non-hydrogen) atoms. The predicted molar refractivity (Wildman–Crippen MR) is 73.3 cm³/mol. The van der Waals surface area contributed by atoms with Gasteiger partial charge in [0.1, 0.15) is 0 Å². The summed E-state index contributed by atoms with van der Waals surface area (Å²) < 4.78 is 5.29. The average Bonchev–Trinajstić information content (AvgIpc) is 2.29. The Morgan fingerprint density at radius 1 is 1.35 bits per heavy atom. The molecule has 0 aromatic rings. The first-order chi connectivity index (χ1) is 7.36. The van der Waals surface area contributed by atoms with Gasteiger partial charge in [-0.1, -0.05) is 6.08 Å². The van der Waals surface area contributed by atoms with Crippen molar-refractivity contribution in [2.75, 3.05) is 45.9 Å². The van der Waals surface area contributed by atoms with Crippen LogP contribution in [0, 0.1) is 0 Å². The molecule has 0 bridgehead atoms. The Labute approximate surface area is 115 Å². The molecule has 0 aromatic carbocycles. The van der Waals surface area contributed by atoms with Crippen LogP contribution in [-0.2, 0) is 4.74 Å². The summed E-state index contributed by atoms with van der Waals surface area (Å²) in [5.74, 6) is 0. The van der Waals surface area contributed by atoms with Crippen LogP contribution in [0.4, 0.5) is 0 Å². The highest BCUT2D eigenvalue weighted by Crippen LogP contribution is 2.10. The molecular weight excluding hydrogens is 263 g/mol. The Kier molecular flexibility index (Phi) is 9.22. The minimum atomic E-state index is -0.229. The second kappa shape index (κ2) is 9.14. The zero-order chi connectivity index (χ0) is 10.5. The number of hydrogen-bond donors (Lipinski definition) is 2. The van der Waals surface area contributed by atoms with E-state index in [0.29, 0.717) is 0 Å². The van der Waals surface area contributed by atoms with Gasteiger partial charge in [-0.25, -0.2) is 0 Å². The first kappa shape index (κ1) is 17.2. The van der Waals surface area contributed by atoms with Crippen molar-refractivity contribution < 1.29 is 9.84 Å². The Hall–Kier alpha value is 0.160. The first-order valence-electron chi connectivity index (χ1n) is 5.74. The molecule has 2 aliphatic heterocycles. The molecule has 102 valence electrons. The highest BCUT2D eigenvalue weighted by Gasteiger charge is 2.16. The predicted octanol–water partition coefficient (Wildman–Crippen LogP) is 0.443. The van der Waals surface area contributed by atoms with Crippen LogP contribution in [0.15, 0.2) is 11.6 Å². The maximum Gasteiger partial charge on any atom is 0.0775 e. The van der Waals surface area contributed by atoms with Gasteiger partial charge in [-0.15, -0.1) is 24.8 Å². The maximum absolute atomic E-state index is 9.75. The van der Waals surface area contributed by atoms with Crippen molar-refractivity contribution >= 4 is 24.8 Å². The van der Waals surface area contributed by atoms with E-state index in [-0.39, 0.29) is 30.9 Å². The largest absolute Gasteiger partial charge is 0.389 e. The van der Waals surface area contributed by atoms with Gasteiger partial charge in [0, 0.05) is 26.2 Å². The Bertz CT molecular complexity index is 234. The maximum atomic E-state index is 9.75. The van der Waals surface area contributed by atoms with Crippen LogP contribution in [0.25, 0.3) is 0 Å². The number of halogens is 2. The van der Waals surface area contributed by atoms with Crippen molar-refractivity contribution in [3.8, 4) is 0 Å². The molecule has 2 fully saturated rings. The highest BCUT2D eigenvalue weighted by atomic mass is 35.5. The quantitative estimate of drug-likeness (QED) is 0.723. The fraction of sp³-hybridized carbons (Fsp3) is 0.818. The molecule has 0 amide bonds. The van der Waals surface area contributed by atoms with Crippen LogP contribution in [-0.4, -0.2) is 62.0 Å². The summed E-state index contributed by atoms with van der Waals surface area (Å²) in [4.78, 5) is 2.36.